The van der Waals surface area contributed by atoms with Gasteiger partial charge in [-0.15, -0.1) is 10.2 Å². The van der Waals surface area contributed by atoms with Crippen LogP contribution >= 0.6 is 0 Å². The van der Waals surface area contributed by atoms with Crippen LogP contribution in [0.25, 0.3) is 16.8 Å². The molecule has 0 spiro atoms. The Labute approximate surface area is 198 Å². The predicted octanol–water partition coefficient (Wildman–Crippen LogP) is 2.79. The maximum Gasteiger partial charge on any atom is 0.210 e. The first-order valence-corrected chi connectivity index (χ1v) is 11.7. The highest BCUT2D eigenvalue weighted by molar-refractivity contribution is 5.78. The molecule has 9 heteroatoms. The van der Waals surface area contributed by atoms with Gasteiger partial charge in [-0.05, 0) is 37.2 Å². The van der Waals surface area contributed by atoms with Crippen LogP contribution in [0, 0.1) is 6.92 Å². The number of hydrogen-bond acceptors (Lipinski definition) is 8. The number of pyridine rings is 1. The number of benzene rings is 1. The monoisotopic (exact) mass is 456 g/mol. The van der Waals surface area contributed by atoms with Crippen molar-refractivity contribution >= 4 is 17.4 Å². The zero-order chi connectivity index (χ0) is 23.1. The Hall–Kier alpha value is -3.72. The molecule has 4 aromatic rings. The Morgan fingerprint density at radius 1 is 1.09 bits per heavy atom. The van der Waals surface area contributed by atoms with E-state index in [1.807, 2.05) is 28.9 Å². The van der Waals surface area contributed by atoms with Crippen LogP contribution in [0.3, 0.4) is 0 Å². The van der Waals surface area contributed by atoms with Crippen LogP contribution in [0.5, 0.6) is 5.75 Å². The number of anilines is 2. The number of nitrogens with zero attached hydrogens (tertiary/aromatic N) is 7. The second kappa shape index (κ2) is 8.57. The largest absolute Gasteiger partial charge is 0.493 e. The standard InChI is InChI=1S/C25H28N8O/c1-17-12-19(14-26-23(17)32-9-7-31(2)8-10-32)21-15-28-25(33-16-29-30-24(21)33)27-13-18-4-3-5-22-20(18)6-11-34-22/h3-5,12,14-16H,6-11,13H2,1-2H3,(H,27,28). The molecule has 1 fully saturated rings. The van der Waals surface area contributed by atoms with Crippen LogP contribution in [0.2, 0.25) is 0 Å². The zero-order valence-corrected chi connectivity index (χ0v) is 19.5. The Kier molecular flexibility index (Phi) is 5.26. The van der Waals surface area contributed by atoms with Gasteiger partial charge in [0, 0.05) is 68.2 Å². The topological polar surface area (TPSA) is 83.7 Å². The lowest BCUT2D eigenvalue weighted by Crippen LogP contribution is -2.45. The van der Waals surface area contributed by atoms with E-state index in [9.17, 15) is 0 Å². The maximum absolute atomic E-state index is 5.70. The van der Waals surface area contributed by atoms with Crippen molar-refractivity contribution in [1.29, 1.82) is 0 Å². The Balaban J connectivity index is 1.26. The molecule has 6 rings (SSSR count). The van der Waals surface area contributed by atoms with Crippen molar-refractivity contribution in [3.05, 3.63) is 59.7 Å². The number of aryl methyl sites for hydroxylation is 1. The summed E-state index contributed by atoms with van der Waals surface area (Å²) in [6.07, 6.45) is 6.42. The number of hydrogen-bond donors (Lipinski definition) is 1. The minimum absolute atomic E-state index is 0.659. The summed E-state index contributed by atoms with van der Waals surface area (Å²) >= 11 is 0. The lowest BCUT2D eigenvalue weighted by Gasteiger charge is -2.34. The quantitative estimate of drug-likeness (QED) is 0.491. The molecule has 0 unspecified atom stereocenters. The molecule has 3 aromatic heterocycles. The average molecular weight is 457 g/mol. The SMILES string of the molecule is Cc1cc(-c2cnc(NCc3cccc4c3CCO4)n3cnnc23)cnc1N1CCN(C)CC1. The molecule has 2 aliphatic rings. The van der Waals surface area contributed by atoms with Crippen molar-refractivity contribution < 1.29 is 4.74 Å². The first kappa shape index (κ1) is 20.9. The Morgan fingerprint density at radius 2 is 1.97 bits per heavy atom. The van der Waals surface area contributed by atoms with Crippen molar-refractivity contribution in [3.63, 3.8) is 0 Å². The van der Waals surface area contributed by atoms with E-state index >= 15 is 0 Å². The zero-order valence-electron chi connectivity index (χ0n) is 19.5. The Morgan fingerprint density at radius 3 is 2.82 bits per heavy atom. The summed E-state index contributed by atoms with van der Waals surface area (Å²) in [7, 11) is 2.16. The summed E-state index contributed by atoms with van der Waals surface area (Å²) in [6, 6.07) is 8.37. The number of likely N-dealkylation sites (N-methyl/N-ethyl adjacent to an activating group) is 1. The van der Waals surface area contributed by atoms with Gasteiger partial charge in [0.15, 0.2) is 5.65 Å². The molecule has 2 aliphatic heterocycles. The van der Waals surface area contributed by atoms with E-state index < -0.39 is 0 Å². The summed E-state index contributed by atoms with van der Waals surface area (Å²) in [4.78, 5) is 14.2. The molecular formula is C25H28N8O. The molecule has 1 saturated heterocycles. The first-order valence-electron chi connectivity index (χ1n) is 11.7. The van der Waals surface area contributed by atoms with Crippen LogP contribution in [0.15, 0.2) is 43.0 Å². The minimum Gasteiger partial charge on any atom is -0.493 e. The van der Waals surface area contributed by atoms with Gasteiger partial charge in [0.05, 0.1) is 6.61 Å². The van der Waals surface area contributed by atoms with Crippen molar-refractivity contribution in [2.75, 3.05) is 50.1 Å². The third kappa shape index (κ3) is 3.71. The fourth-order valence-corrected chi connectivity index (χ4v) is 4.85. The van der Waals surface area contributed by atoms with Gasteiger partial charge in [0.25, 0.3) is 0 Å². The highest BCUT2D eigenvalue weighted by Crippen LogP contribution is 2.30. The summed E-state index contributed by atoms with van der Waals surface area (Å²) in [5.74, 6) is 2.75. The minimum atomic E-state index is 0.659. The van der Waals surface area contributed by atoms with E-state index in [2.05, 4.69) is 51.4 Å². The maximum atomic E-state index is 5.70. The van der Waals surface area contributed by atoms with E-state index in [0.717, 1.165) is 73.1 Å². The molecule has 0 radical (unpaired) electrons. The highest BCUT2D eigenvalue weighted by atomic mass is 16.5. The summed E-state index contributed by atoms with van der Waals surface area (Å²) in [5.41, 5.74) is 6.31. The number of ether oxygens (including phenoxy) is 1. The van der Waals surface area contributed by atoms with Gasteiger partial charge in [0.2, 0.25) is 5.95 Å². The van der Waals surface area contributed by atoms with Gasteiger partial charge >= 0.3 is 0 Å². The van der Waals surface area contributed by atoms with Gasteiger partial charge in [0.1, 0.15) is 17.9 Å². The number of rotatable bonds is 5. The molecule has 0 amide bonds. The van der Waals surface area contributed by atoms with Crippen molar-refractivity contribution in [2.24, 2.45) is 0 Å². The number of fused-ring (bicyclic) bond motifs is 2. The normalized spacial score (nSPS) is 16.0. The summed E-state index contributed by atoms with van der Waals surface area (Å²) < 4.78 is 7.60. The van der Waals surface area contributed by atoms with Crippen LogP contribution in [0.1, 0.15) is 16.7 Å². The summed E-state index contributed by atoms with van der Waals surface area (Å²) in [6.45, 7) is 7.63. The summed E-state index contributed by atoms with van der Waals surface area (Å²) in [5, 5.41) is 12.0. The smallest absolute Gasteiger partial charge is 0.210 e. The molecule has 0 saturated carbocycles. The van der Waals surface area contributed by atoms with Gasteiger partial charge in [-0.2, -0.15) is 0 Å². The van der Waals surface area contributed by atoms with Crippen molar-refractivity contribution in [2.45, 2.75) is 19.9 Å². The fraction of sp³-hybridized carbons (Fsp3) is 0.360. The van der Waals surface area contributed by atoms with E-state index in [4.69, 9.17) is 14.7 Å². The van der Waals surface area contributed by atoms with Crippen LogP contribution in [-0.4, -0.2) is 69.3 Å². The lowest BCUT2D eigenvalue weighted by molar-refractivity contribution is 0.312. The van der Waals surface area contributed by atoms with E-state index in [0.29, 0.717) is 12.5 Å². The third-order valence-corrected chi connectivity index (χ3v) is 6.77. The molecule has 174 valence electrons. The van der Waals surface area contributed by atoms with Gasteiger partial charge in [-0.1, -0.05) is 12.1 Å². The molecule has 0 bridgehead atoms. The van der Waals surface area contributed by atoms with Crippen LogP contribution in [-0.2, 0) is 13.0 Å². The third-order valence-electron chi connectivity index (χ3n) is 6.77. The van der Waals surface area contributed by atoms with Crippen molar-refractivity contribution in [1.82, 2.24) is 29.5 Å². The van der Waals surface area contributed by atoms with Crippen molar-refractivity contribution in [3.8, 4) is 16.9 Å². The van der Waals surface area contributed by atoms with Crippen LogP contribution < -0.4 is 15.0 Å². The highest BCUT2D eigenvalue weighted by Gasteiger charge is 2.19. The van der Waals surface area contributed by atoms with E-state index in [1.54, 1.807) is 6.33 Å². The molecule has 0 atom stereocenters. The molecule has 1 N–H and O–H groups in total. The number of nitrogens with one attached hydrogen (secondary N) is 1. The Bertz CT molecular complexity index is 1340. The second-order valence-electron chi connectivity index (χ2n) is 9.02. The van der Waals surface area contributed by atoms with Gasteiger partial charge in [-0.25, -0.2) is 9.97 Å². The van der Waals surface area contributed by atoms with E-state index in [-0.39, 0.29) is 0 Å². The fourth-order valence-electron chi connectivity index (χ4n) is 4.85. The molecular weight excluding hydrogens is 428 g/mol. The molecule has 9 nitrogen and oxygen atoms in total. The number of aromatic nitrogens is 5. The molecule has 0 aliphatic carbocycles. The molecule has 34 heavy (non-hydrogen) atoms. The van der Waals surface area contributed by atoms with E-state index in [1.165, 1.54) is 11.1 Å². The van der Waals surface area contributed by atoms with Gasteiger partial charge in [-0.3, -0.25) is 4.40 Å². The second-order valence-corrected chi connectivity index (χ2v) is 9.02. The average Bonchev–Trinajstić information content (AvgIpc) is 3.53. The predicted molar refractivity (Wildman–Crippen MR) is 131 cm³/mol. The molecule has 5 heterocycles. The lowest BCUT2D eigenvalue weighted by atomic mass is 10.1. The van der Waals surface area contributed by atoms with Crippen LogP contribution in [0.4, 0.5) is 11.8 Å². The number of piperazine rings is 1. The molecule has 1 aromatic carbocycles. The van der Waals surface area contributed by atoms with Gasteiger partial charge < -0.3 is 19.9 Å². The first-order chi connectivity index (χ1) is 16.7.